The molecule has 7 heteroatoms. The molecule has 2 heterocycles. The van der Waals surface area contributed by atoms with Crippen LogP contribution in [-0.4, -0.2) is 69.2 Å². The van der Waals surface area contributed by atoms with Crippen LogP contribution in [0.15, 0.2) is 42.6 Å². The molecule has 1 aliphatic heterocycles. The molecule has 2 aromatic rings. The molecule has 28 heavy (non-hydrogen) atoms. The summed E-state index contributed by atoms with van der Waals surface area (Å²) in [7, 11) is 4.04. The van der Waals surface area contributed by atoms with Crippen molar-refractivity contribution >= 4 is 17.4 Å². The summed E-state index contributed by atoms with van der Waals surface area (Å²) in [5, 5.41) is 2.93. The molecule has 0 saturated carbocycles. The smallest absolute Gasteiger partial charge is 0.252 e. The van der Waals surface area contributed by atoms with Crippen molar-refractivity contribution in [2.45, 2.75) is 6.42 Å². The van der Waals surface area contributed by atoms with Gasteiger partial charge in [-0.1, -0.05) is 0 Å². The highest BCUT2D eigenvalue weighted by Crippen LogP contribution is 2.19. The lowest BCUT2D eigenvalue weighted by molar-refractivity contribution is 0.0952. The minimum absolute atomic E-state index is 0.0843. The number of benzene rings is 1. The average Bonchev–Trinajstić information content (AvgIpc) is 2.72. The minimum Gasteiger partial charge on any atom is -0.368 e. The maximum absolute atomic E-state index is 13.1. The molecule has 1 saturated heterocycles. The van der Waals surface area contributed by atoms with Gasteiger partial charge in [-0.3, -0.25) is 4.79 Å². The standard InChI is InChI=1S/C21H28FN5O/c1-25(2)11-3-10-23-21(28)17-4-9-20(24-16-17)27-14-12-26(13-15-27)19-7-5-18(22)6-8-19/h4-9,16H,3,10-15H2,1-2H3,(H,23,28). The van der Waals surface area contributed by atoms with Crippen molar-refractivity contribution in [2.24, 2.45) is 0 Å². The van der Waals surface area contributed by atoms with Gasteiger partial charge in [0, 0.05) is 44.6 Å². The maximum Gasteiger partial charge on any atom is 0.252 e. The van der Waals surface area contributed by atoms with Crippen molar-refractivity contribution in [1.82, 2.24) is 15.2 Å². The van der Waals surface area contributed by atoms with Gasteiger partial charge in [-0.15, -0.1) is 0 Å². The fourth-order valence-corrected chi connectivity index (χ4v) is 3.25. The second-order valence-electron chi connectivity index (χ2n) is 7.27. The van der Waals surface area contributed by atoms with Crippen molar-refractivity contribution in [3.8, 4) is 0 Å². The van der Waals surface area contributed by atoms with Gasteiger partial charge in [0.05, 0.1) is 5.56 Å². The van der Waals surface area contributed by atoms with E-state index in [1.807, 2.05) is 38.4 Å². The van der Waals surface area contributed by atoms with Gasteiger partial charge in [0.15, 0.2) is 0 Å². The van der Waals surface area contributed by atoms with E-state index < -0.39 is 0 Å². The lowest BCUT2D eigenvalue weighted by Crippen LogP contribution is -2.46. The highest BCUT2D eigenvalue weighted by molar-refractivity contribution is 5.94. The summed E-state index contributed by atoms with van der Waals surface area (Å²) in [6, 6.07) is 10.4. The van der Waals surface area contributed by atoms with E-state index in [2.05, 4.69) is 25.0 Å². The van der Waals surface area contributed by atoms with E-state index in [-0.39, 0.29) is 11.7 Å². The molecule has 6 nitrogen and oxygen atoms in total. The Morgan fingerprint density at radius 1 is 1.07 bits per heavy atom. The second-order valence-corrected chi connectivity index (χ2v) is 7.27. The summed E-state index contributed by atoms with van der Waals surface area (Å²) in [6.07, 6.45) is 2.56. The van der Waals surface area contributed by atoms with Crippen molar-refractivity contribution in [3.05, 3.63) is 54.0 Å². The first-order valence-corrected chi connectivity index (χ1v) is 9.67. The van der Waals surface area contributed by atoms with E-state index in [0.29, 0.717) is 12.1 Å². The fraction of sp³-hybridized carbons (Fsp3) is 0.429. The molecule has 0 radical (unpaired) electrons. The molecule has 0 spiro atoms. The van der Waals surface area contributed by atoms with Crippen molar-refractivity contribution in [3.63, 3.8) is 0 Å². The highest BCUT2D eigenvalue weighted by Gasteiger charge is 2.18. The Bertz CT molecular complexity index is 755. The van der Waals surface area contributed by atoms with Crippen LogP contribution in [0.25, 0.3) is 0 Å². The SMILES string of the molecule is CN(C)CCCNC(=O)c1ccc(N2CCN(c3ccc(F)cc3)CC2)nc1. The second kappa shape index (κ2) is 9.50. The van der Waals surface area contributed by atoms with E-state index >= 15 is 0 Å². The monoisotopic (exact) mass is 385 g/mol. The first-order chi connectivity index (χ1) is 13.5. The lowest BCUT2D eigenvalue weighted by Gasteiger charge is -2.36. The largest absolute Gasteiger partial charge is 0.368 e. The number of carbonyl (C=O) groups excluding carboxylic acids is 1. The normalized spacial score (nSPS) is 14.4. The predicted octanol–water partition coefficient (Wildman–Crippen LogP) is 2.23. The molecule has 1 aliphatic rings. The van der Waals surface area contributed by atoms with Crippen LogP contribution in [0.1, 0.15) is 16.8 Å². The number of pyridine rings is 1. The zero-order valence-corrected chi connectivity index (χ0v) is 16.6. The van der Waals surface area contributed by atoms with Crippen LogP contribution in [-0.2, 0) is 0 Å². The number of halogens is 1. The molecule has 1 aromatic heterocycles. The van der Waals surface area contributed by atoms with E-state index in [9.17, 15) is 9.18 Å². The molecule has 1 aromatic carbocycles. The van der Waals surface area contributed by atoms with Crippen LogP contribution >= 0.6 is 0 Å². The molecular weight excluding hydrogens is 357 g/mol. The van der Waals surface area contributed by atoms with Crippen LogP contribution in [0.5, 0.6) is 0 Å². The van der Waals surface area contributed by atoms with Crippen LogP contribution in [0, 0.1) is 5.82 Å². The van der Waals surface area contributed by atoms with Crippen molar-refractivity contribution in [1.29, 1.82) is 0 Å². The Kier molecular flexibility index (Phi) is 6.81. The molecule has 0 bridgehead atoms. The number of rotatable bonds is 7. The summed E-state index contributed by atoms with van der Waals surface area (Å²) in [6.45, 7) is 4.97. The molecule has 0 aliphatic carbocycles. The maximum atomic E-state index is 13.1. The van der Waals surface area contributed by atoms with E-state index in [1.165, 1.54) is 12.1 Å². The van der Waals surface area contributed by atoms with E-state index in [1.54, 1.807) is 6.20 Å². The Balaban J connectivity index is 1.49. The number of carbonyl (C=O) groups is 1. The van der Waals surface area contributed by atoms with Gasteiger partial charge in [-0.05, 0) is 63.5 Å². The summed E-state index contributed by atoms with van der Waals surface area (Å²) < 4.78 is 13.1. The molecule has 1 N–H and O–H groups in total. The van der Waals surface area contributed by atoms with Crippen LogP contribution in [0.2, 0.25) is 0 Å². The van der Waals surface area contributed by atoms with Crippen LogP contribution < -0.4 is 15.1 Å². The lowest BCUT2D eigenvalue weighted by atomic mass is 10.2. The Morgan fingerprint density at radius 2 is 1.75 bits per heavy atom. The summed E-state index contributed by atoms with van der Waals surface area (Å²) in [5.74, 6) is 0.579. The number of nitrogens with zero attached hydrogens (tertiary/aromatic N) is 4. The molecule has 0 atom stereocenters. The molecule has 3 rings (SSSR count). The first-order valence-electron chi connectivity index (χ1n) is 9.67. The third-order valence-electron chi connectivity index (χ3n) is 4.87. The Hall–Kier alpha value is -2.67. The van der Waals surface area contributed by atoms with Gasteiger partial charge in [-0.2, -0.15) is 0 Å². The summed E-state index contributed by atoms with van der Waals surface area (Å²) >= 11 is 0. The first kappa shape index (κ1) is 20.1. The number of anilines is 2. The van der Waals surface area contributed by atoms with Gasteiger partial charge >= 0.3 is 0 Å². The minimum atomic E-state index is -0.214. The van der Waals surface area contributed by atoms with Gasteiger partial charge in [0.2, 0.25) is 0 Å². The summed E-state index contributed by atoms with van der Waals surface area (Å²) in [4.78, 5) is 23.2. The van der Waals surface area contributed by atoms with Crippen LogP contribution in [0.3, 0.4) is 0 Å². The van der Waals surface area contributed by atoms with Gasteiger partial charge in [0.1, 0.15) is 11.6 Å². The third-order valence-corrected chi connectivity index (χ3v) is 4.87. The average molecular weight is 385 g/mol. The number of nitrogens with one attached hydrogen (secondary N) is 1. The van der Waals surface area contributed by atoms with Gasteiger partial charge in [0.25, 0.3) is 5.91 Å². The fourth-order valence-electron chi connectivity index (χ4n) is 3.25. The zero-order valence-electron chi connectivity index (χ0n) is 16.6. The van der Waals surface area contributed by atoms with E-state index in [4.69, 9.17) is 0 Å². The highest BCUT2D eigenvalue weighted by atomic mass is 19.1. The zero-order chi connectivity index (χ0) is 19.9. The Morgan fingerprint density at radius 3 is 2.36 bits per heavy atom. The number of hydrogen-bond acceptors (Lipinski definition) is 5. The molecule has 1 fully saturated rings. The number of piperazine rings is 1. The van der Waals surface area contributed by atoms with Crippen LogP contribution in [0.4, 0.5) is 15.9 Å². The molecule has 150 valence electrons. The molecular formula is C21H28FN5O. The quantitative estimate of drug-likeness (QED) is 0.741. The number of hydrogen-bond donors (Lipinski definition) is 1. The van der Waals surface area contributed by atoms with Crippen molar-refractivity contribution in [2.75, 3.05) is 63.2 Å². The third kappa shape index (κ3) is 5.42. The van der Waals surface area contributed by atoms with Crippen molar-refractivity contribution < 1.29 is 9.18 Å². The molecule has 0 unspecified atom stereocenters. The molecule has 1 amide bonds. The summed E-state index contributed by atoms with van der Waals surface area (Å²) in [5.41, 5.74) is 1.62. The topological polar surface area (TPSA) is 51.7 Å². The predicted molar refractivity (Wildman–Crippen MR) is 111 cm³/mol. The number of aromatic nitrogens is 1. The Labute approximate surface area is 166 Å². The van der Waals surface area contributed by atoms with E-state index in [0.717, 1.165) is 50.6 Å². The van der Waals surface area contributed by atoms with Gasteiger partial charge in [-0.25, -0.2) is 9.37 Å². The van der Waals surface area contributed by atoms with Gasteiger partial charge < -0.3 is 20.0 Å². The number of amides is 1.